The van der Waals surface area contributed by atoms with Gasteiger partial charge in [0.15, 0.2) is 0 Å². The third kappa shape index (κ3) is 5.19. The first-order valence-corrected chi connectivity index (χ1v) is 7.18. The summed E-state index contributed by atoms with van der Waals surface area (Å²) >= 11 is 0. The Kier molecular flexibility index (Phi) is 6.37. The molecule has 5 heteroatoms. The Bertz CT molecular complexity index is 485. The minimum atomic E-state index is -0.857. The van der Waals surface area contributed by atoms with Crippen LogP contribution in [0, 0.1) is 5.92 Å². The second kappa shape index (κ2) is 7.78. The van der Waals surface area contributed by atoms with Gasteiger partial charge in [-0.15, -0.1) is 0 Å². The lowest BCUT2D eigenvalue weighted by atomic mass is 10.1. The third-order valence-corrected chi connectivity index (χ3v) is 3.65. The monoisotopic (exact) mass is 292 g/mol. The molecule has 1 amide bonds. The first-order chi connectivity index (χ1) is 9.85. The molecule has 2 unspecified atom stereocenters. The number of hydrogen-bond acceptors (Lipinski definition) is 3. The summed E-state index contributed by atoms with van der Waals surface area (Å²) in [6.45, 7) is 5.81. The van der Waals surface area contributed by atoms with E-state index in [9.17, 15) is 9.59 Å². The van der Waals surface area contributed by atoms with E-state index in [0.717, 1.165) is 12.1 Å². The number of aliphatic carboxylic acids is 1. The molecular weight excluding hydrogens is 268 g/mol. The minimum Gasteiger partial charge on any atom is -0.481 e. The number of anilines is 1. The van der Waals surface area contributed by atoms with Crippen molar-refractivity contribution >= 4 is 17.6 Å². The van der Waals surface area contributed by atoms with Crippen molar-refractivity contribution in [1.29, 1.82) is 0 Å². The molecule has 1 aromatic rings. The van der Waals surface area contributed by atoms with Crippen molar-refractivity contribution in [3.05, 3.63) is 29.8 Å². The molecule has 0 aliphatic heterocycles. The lowest BCUT2D eigenvalue weighted by Gasteiger charge is -2.25. The molecule has 116 valence electrons. The van der Waals surface area contributed by atoms with E-state index < -0.39 is 17.9 Å². The molecule has 2 N–H and O–H groups in total. The van der Waals surface area contributed by atoms with E-state index in [-0.39, 0.29) is 5.91 Å². The van der Waals surface area contributed by atoms with Gasteiger partial charge < -0.3 is 10.4 Å². The van der Waals surface area contributed by atoms with Crippen LogP contribution in [0.15, 0.2) is 24.3 Å². The second-order valence-electron chi connectivity index (χ2n) is 5.39. The fourth-order valence-electron chi connectivity index (χ4n) is 1.94. The molecule has 5 nitrogen and oxygen atoms in total. The molecule has 1 rings (SSSR count). The third-order valence-electron chi connectivity index (χ3n) is 3.65. The molecule has 0 saturated heterocycles. The number of nitrogens with zero attached hydrogens (tertiary/aromatic N) is 1. The number of nitrogens with one attached hydrogen (secondary N) is 1. The molecule has 1 aromatic carbocycles. The summed E-state index contributed by atoms with van der Waals surface area (Å²) in [5, 5.41) is 11.8. The predicted molar refractivity (Wildman–Crippen MR) is 83.3 cm³/mol. The number of rotatable bonds is 7. The van der Waals surface area contributed by atoms with E-state index in [2.05, 4.69) is 12.2 Å². The van der Waals surface area contributed by atoms with Crippen LogP contribution in [0.25, 0.3) is 0 Å². The average Bonchev–Trinajstić information content (AvgIpc) is 2.46. The molecule has 0 bridgehead atoms. The molecule has 0 heterocycles. The Hall–Kier alpha value is -1.88. The lowest BCUT2D eigenvalue weighted by Crippen LogP contribution is -2.42. The highest BCUT2D eigenvalue weighted by atomic mass is 16.4. The Morgan fingerprint density at radius 2 is 1.81 bits per heavy atom. The summed E-state index contributed by atoms with van der Waals surface area (Å²) in [5.74, 6) is -1.50. The van der Waals surface area contributed by atoms with Gasteiger partial charge in [0, 0.05) is 12.2 Å². The number of carboxylic acid groups (broad SMARTS) is 1. The molecule has 2 atom stereocenters. The Balaban J connectivity index is 2.58. The summed E-state index contributed by atoms with van der Waals surface area (Å²) in [4.78, 5) is 24.8. The van der Waals surface area contributed by atoms with E-state index in [1.807, 2.05) is 24.3 Å². The number of hydrogen-bond donors (Lipinski definition) is 2. The first-order valence-electron chi connectivity index (χ1n) is 7.18. The molecule has 0 spiro atoms. The van der Waals surface area contributed by atoms with E-state index >= 15 is 0 Å². The average molecular weight is 292 g/mol. The maximum atomic E-state index is 12.2. The van der Waals surface area contributed by atoms with Crippen LogP contribution >= 0.6 is 0 Å². The molecular formula is C16H24N2O3. The molecule has 0 saturated carbocycles. The zero-order chi connectivity index (χ0) is 16.0. The van der Waals surface area contributed by atoms with Gasteiger partial charge >= 0.3 is 5.97 Å². The standard InChI is InChI=1S/C16H24N2O3/c1-5-13-6-8-14(9-7-13)17-15(19)12(3)18(4)10-11(2)16(20)21/h6-9,11-12H,5,10H2,1-4H3,(H,17,19)(H,20,21). The van der Waals surface area contributed by atoms with Crippen LogP contribution in [0.1, 0.15) is 26.3 Å². The van der Waals surface area contributed by atoms with Gasteiger partial charge in [-0.25, -0.2) is 0 Å². The van der Waals surface area contributed by atoms with Crippen LogP contribution < -0.4 is 5.32 Å². The minimum absolute atomic E-state index is 0.140. The van der Waals surface area contributed by atoms with E-state index in [4.69, 9.17) is 5.11 Å². The summed E-state index contributed by atoms with van der Waals surface area (Å²) in [5.41, 5.74) is 1.97. The maximum absolute atomic E-state index is 12.2. The van der Waals surface area contributed by atoms with Crippen LogP contribution in [-0.4, -0.2) is 41.5 Å². The number of likely N-dealkylation sites (N-methyl/N-ethyl adjacent to an activating group) is 1. The molecule has 0 fully saturated rings. The number of carbonyl (C=O) groups excluding carboxylic acids is 1. The Morgan fingerprint density at radius 3 is 2.29 bits per heavy atom. The lowest BCUT2D eigenvalue weighted by molar-refractivity contribution is -0.142. The summed E-state index contributed by atoms with van der Waals surface area (Å²) < 4.78 is 0. The highest BCUT2D eigenvalue weighted by Crippen LogP contribution is 2.11. The molecule has 21 heavy (non-hydrogen) atoms. The number of carboxylic acids is 1. The van der Waals surface area contributed by atoms with E-state index in [1.165, 1.54) is 5.56 Å². The van der Waals surface area contributed by atoms with Crippen molar-refractivity contribution in [3.63, 3.8) is 0 Å². The van der Waals surface area contributed by atoms with Gasteiger partial charge in [-0.05, 0) is 38.1 Å². The number of benzene rings is 1. The Morgan fingerprint density at radius 1 is 1.24 bits per heavy atom. The number of carbonyl (C=O) groups is 2. The predicted octanol–water partition coefficient (Wildman–Crippen LogP) is 2.23. The quantitative estimate of drug-likeness (QED) is 0.808. The number of aryl methyl sites for hydroxylation is 1. The second-order valence-corrected chi connectivity index (χ2v) is 5.39. The first kappa shape index (κ1) is 17.2. The van der Waals surface area contributed by atoms with Crippen molar-refractivity contribution in [2.75, 3.05) is 18.9 Å². The zero-order valence-electron chi connectivity index (χ0n) is 13.1. The summed E-state index contributed by atoms with van der Waals surface area (Å²) in [6, 6.07) is 7.33. The van der Waals surface area contributed by atoms with Gasteiger partial charge in [-0.2, -0.15) is 0 Å². The van der Waals surface area contributed by atoms with Crippen LogP contribution in [-0.2, 0) is 16.0 Å². The Labute approximate surface area is 126 Å². The van der Waals surface area contributed by atoms with Crippen LogP contribution in [0.3, 0.4) is 0 Å². The smallest absolute Gasteiger partial charge is 0.307 e. The van der Waals surface area contributed by atoms with Crippen molar-refractivity contribution in [2.24, 2.45) is 5.92 Å². The van der Waals surface area contributed by atoms with Crippen LogP contribution in [0.5, 0.6) is 0 Å². The normalized spacial score (nSPS) is 13.8. The van der Waals surface area contributed by atoms with Gasteiger partial charge in [0.1, 0.15) is 0 Å². The fraction of sp³-hybridized carbons (Fsp3) is 0.500. The SMILES string of the molecule is CCc1ccc(NC(=O)C(C)N(C)CC(C)C(=O)O)cc1. The van der Waals surface area contributed by atoms with E-state index in [0.29, 0.717) is 6.54 Å². The van der Waals surface area contributed by atoms with Crippen molar-refractivity contribution in [3.8, 4) is 0 Å². The zero-order valence-corrected chi connectivity index (χ0v) is 13.1. The van der Waals surface area contributed by atoms with E-state index in [1.54, 1.807) is 25.8 Å². The summed E-state index contributed by atoms with van der Waals surface area (Å²) in [7, 11) is 1.75. The van der Waals surface area contributed by atoms with Gasteiger partial charge in [-0.3, -0.25) is 14.5 Å². The maximum Gasteiger partial charge on any atom is 0.307 e. The summed E-state index contributed by atoms with van der Waals surface area (Å²) in [6.07, 6.45) is 0.959. The molecule has 0 radical (unpaired) electrons. The molecule has 0 aromatic heterocycles. The van der Waals surface area contributed by atoms with Crippen molar-refractivity contribution < 1.29 is 14.7 Å². The highest BCUT2D eigenvalue weighted by Gasteiger charge is 2.22. The van der Waals surface area contributed by atoms with Crippen LogP contribution in [0.4, 0.5) is 5.69 Å². The van der Waals surface area contributed by atoms with Gasteiger partial charge in [-0.1, -0.05) is 26.0 Å². The van der Waals surface area contributed by atoms with Crippen molar-refractivity contribution in [1.82, 2.24) is 4.90 Å². The largest absolute Gasteiger partial charge is 0.481 e. The van der Waals surface area contributed by atoms with Gasteiger partial charge in [0.25, 0.3) is 0 Å². The molecule has 0 aliphatic rings. The van der Waals surface area contributed by atoms with Gasteiger partial charge in [0.2, 0.25) is 5.91 Å². The van der Waals surface area contributed by atoms with Crippen molar-refractivity contribution in [2.45, 2.75) is 33.2 Å². The number of amides is 1. The molecule has 0 aliphatic carbocycles. The topological polar surface area (TPSA) is 69.6 Å². The van der Waals surface area contributed by atoms with Crippen LogP contribution in [0.2, 0.25) is 0 Å². The fourth-order valence-corrected chi connectivity index (χ4v) is 1.94. The van der Waals surface area contributed by atoms with Gasteiger partial charge in [0.05, 0.1) is 12.0 Å². The highest BCUT2D eigenvalue weighted by molar-refractivity contribution is 5.94.